The highest BCUT2D eigenvalue weighted by atomic mass is 16.5. The second kappa shape index (κ2) is 9.83. The van der Waals surface area contributed by atoms with Crippen molar-refractivity contribution in [2.75, 3.05) is 60.2 Å². The standard InChI is InChI=1S/C13H28N2O2/c1-15(8-11-17-10-3-9-16-2)12-13-4-6-14-7-5-13/h13-14H,3-12H2,1-2H3. The summed E-state index contributed by atoms with van der Waals surface area (Å²) < 4.78 is 10.5. The minimum absolute atomic E-state index is 0.797. The van der Waals surface area contributed by atoms with Crippen LogP contribution in [0.1, 0.15) is 19.3 Å². The van der Waals surface area contributed by atoms with Gasteiger partial charge >= 0.3 is 0 Å². The Morgan fingerprint density at radius 3 is 2.65 bits per heavy atom. The van der Waals surface area contributed by atoms with Crippen molar-refractivity contribution in [3.63, 3.8) is 0 Å². The van der Waals surface area contributed by atoms with Gasteiger partial charge in [0.05, 0.1) is 6.61 Å². The molecule has 0 aromatic heterocycles. The Morgan fingerprint density at radius 2 is 1.94 bits per heavy atom. The molecule has 0 aromatic rings. The van der Waals surface area contributed by atoms with E-state index in [0.29, 0.717) is 0 Å². The molecule has 1 N–H and O–H groups in total. The van der Waals surface area contributed by atoms with Gasteiger partial charge in [-0.05, 0) is 45.3 Å². The molecular weight excluding hydrogens is 216 g/mol. The molecule has 0 amide bonds. The molecule has 102 valence electrons. The highest BCUT2D eigenvalue weighted by Crippen LogP contribution is 2.12. The van der Waals surface area contributed by atoms with Crippen LogP contribution in [0.3, 0.4) is 0 Å². The summed E-state index contributed by atoms with van der Waals surface area (Å²) >= 11 is 0. The molecule has 1 saturated heterocycles. The molecule has 0 unspecified atom stereocenters. The summed E-state index contributed by atoms with van der Waals surface area (Å²) in [6.45, 7) is 7.07. The molecule has 1 heterocycles. The first-order valence-electron chi connectivity index (χ1n) is 6.79. The number of piperidine rings is 1. The smallest absolute Gasteiger partial charge is 0.0593 e. The minimum atomic E-state index is 0.797. The maximum atomic E-state index is 5.56. The molecule has 0 bridgehead atoms. The molecule has 0 spiro atoms. The van der Waals surface area contributed by atoms with Crippen molar-refractivity contribution in [3.05, 3.63) is 0 Å². The second-order valence-corrected chi connectivity index (χ2v) is 4.91. The Balaban J connectivity index is 1.91. The van der Waals surface area contributed by atoms with E-state index < -0.39 is 0 Å². The Kier molecular flexibility index (Phi) is 8.61. The highest BCUT2D eigenvalue weighted by molar-refractivity contribution is 4.71. The summed E-state index contributed by atoms with van der Waals surface area (Å²) in [5, 5.41) is 3.40. The van der Waals surface area contributed by atoms with E-state index >= 15 is 0 Å². The number of hydrogen-bond acceptors (Lipinski definition) is 4. The van der Waals surface area contributed by atoms with Gasteiger partial charge in [-0.1, -0.05) is 0 Å². The van der Waals surface area contributed by atoms with Crippen molar-refractivity contribution in [3.8, 4) is 0 Å². The van der Waals surface area contributed by atoms with E-state index in [1.54, 1.807) is 7.11 Å². The van der Waals surface area contributed by atoms with Crippen LogP contribution in [-0.2, 0) is 9.47 Å². The van der Waals surface area contributed by atoms with Gasteiger partial charge in [0.1, 0.15) is 0 Å². The number of hydrogen-bond donors (Lipinski definition) is 1. The molecule has 4 nitrogen and oxygen atoms in total. The van der Waals surface area contributed by atoms with E-state index in [2.05, 4.69) is 17.3 Å². The fourth-order valence-electron chi connectivity index (χ4n) is 2.22. The van der Waals surface area contributed by atoms with E-state index in [4.69, 9.17) is 9.47 Å². The molecular formula is C13H28N2O2. The molecule has 0 aliphatic carbocycles. The van der Waals surface area contributed by atoms with E-state index in [1.807, 2.05) is 0 Å². The molecule has 1 aliphatic heterocycles. The van der Waals surface area contributed by atoms with E-state index in [9.17, 15) is 0 Å². The molecule has 1 fully saturated rings. The predicted molar refractivity (Wildman–Crippen MR) is 70.4 cm³/mol. The van der Waals surface area contributed by atoms with Gasteiger partial charge in [-0.25, -0.2) is 0 Å². The van der Waals surface area contributed by atoms with Gasteiger partial charge in [0.25, 0.3) is 0 Å². The van der Waals surface area contributed by atoms with Crippen LogP contribution < -0.4 is 5.32 Å². The lowest BCUT2D eigenvalue weighted by Crippen LogP contribution is -2.35. The monoisotopic (exact) mass is 244 g/mol. The van der Waals surface area contributed by atoms with Crippen LogP contribution in [0, 0.1) is 5.92 Å². The fraction of sp³-hybridized carbons (Fsp3) is 1.00. The van der Waals surface area contributed by atoms with Gasteiger partial charge in [0.15, 0.2) is 0 Å². The average Bonchev–Trinajstić information content (AvgIpc) is 2.35. The van der Waals surface area contributed by atoms with Crippen LogP contribution in [0.15, 0.2) is 0 Å². The van der Waals surface area contributed by atoms with Gasteiger partial charge in [0.2, 0.25) is 0 Å². The van der Waals surface area contributed by atoms with Crippen LogP contribution in [0.5, 0.6) is 0 Å². The number of rotatable bonds is 9. The quantitative estimate of drug-likeness (QED) is 0.613. The Labute approximate surface area is 106 Å². The summed E-state index contributed by atoms with van der Waals surface area (Å²) in [6.07, 6.45) is 3.63. The van der Waals surface area contributed by atoms with Gasteiger partial charge < -0.3 is 19.7 Å². The molecule has 1 aliphatic rings. The normalized spacial score (nSPS) is 17.8. The van der Waals surface area contributed by atoms with Crippen molar-refractivity contribution < 1.29 is 9.47 Å². The Morgan fingerprint density at radius 1 is 1.18 bits per heavy atom. The van der Waals surface area contributed by atoms with Crippen molar-refractivity contribution in [2.45, 2.75) is 19.3 Å². The number of nitrogens with one attached hydrogen (secondary N) is 1. The number of likely N-dealkylation sites (N-methyl/N-ethyl adjacent to an activating group) is 1. The largest absolute Gasteiger partial charge is 0.385 e. The zero-order chi connectivity index (χ0) is 12.3. The van der Waals surface area contributed by atoms with Crippen molar-refractivity contribution >= 4 is 0 Å². The molecule has 1 rings (SSSR count). The van der Waals surface area contributed by atoms with E-state index in [1.165, 1.54) is 32.5 Å². The average molecular weight is 244 g/mol. The zero-order valence-electron chi connectivity index (χ0n) is 11.4. The minimum Gasteiger partial charge on any atom is -0.385 e. The first-order chi connectivity index (χ1) is 8.33. The predicted octanol–water partition coefficient (Wildman–Crippen LogP) is 0.971. The fourth-order valence-corrected chi connectivity index (χ4v) is 2.22. The van der Waals surface area contributed by atoms with Crippen LogP contribution in [0.2, 0.25) is 0 Å². The summed E-state index contributed by atoms with van der Waals surface area (Å²) in [5.41, 5.74) is 0. The maximum Gasteiger partial charge on any atom is 0.0593 e. The second-order valence-electron chi connectivity index (χ2n) is 4.91. The first kappa shape index (κ1) is 14.9. The summed E-state index contributed by atoms with van der Waals surface area (Å²) in [6, 6.07) is 0. The third kappa shape index (κ3) is 7.71. The zero-order valence-corrected chi connectivity index (χ0v) is 11.4. The SMILES string of the molecule is COCCCOCCN(C)CC1CCNCC1. The van der Waals surface area contributed by atoms with Crippen LogP contribution in [0.4, 0.5) is 0 Å². The van der Waals surface area contributed by atoms with Gasteiger partial charge in [-0.2, -0.15) is 0 Å². The number of methoxy groups -OCH3 is 1. The van der Waals surface area contributed by atoms with Crippen molar-refractivity contribution in [1.29, 1.82) is 0 Å². The topological polar surface area (TPSA) is 33.7 Å². The van der Waals surface area contributed by atoms with Gasteiger partial charge in [-0.3, -0.25) is 0 Å². The van der Waals surface area contributed by atoms with Crippen LogP contribution in [0.25, 0.3) is 0 Å². The molecule has 0 atom stereocenters. The molecule has 0 aromatic carbocycles. The molecule has 17 heavy (non-hydrogen) atoms. The molecule has 0 radical (unpaired) electrons. The number of ether oxygens (including phenoxy) is 2. The van der Waals surface area contributed by atoms with Gasteiger partial charge in [-0.15, -0.1) is 0 Å². The summed E-state index contributed by atoms with van der Waals surface area (Å²) in [5.74, 6) is 0.870. The Bertz CT molecular complexity index is 173. The highest BCUT2D eigenvalue weighted by Gasteiger charge is 2.14. The van der Waals surface area contributed by atoms with Gasteiger partial charge in [0, 0.05) is 33.4 Å². The lowest BCUT2D eigenvalue weighted by molar-refractivity contribution is 0.0846. The number of nitrogens with zero attached hydrogens (tertiary/aromatic N) is 1. The maximum absolute atomic E-state index is 5.56. The lowest BCUT2D eigenvalue weighted by Gasteiger charge is -2.27. The summed E-state index contributed by atoms with van der Waals surface area (Å²) in [7, 11) is 3.92. The molecule has 4 heteroatoms. The Hall–Kier alpha value is -0.160. The lowest BCUT2D eigenvalue weighted by atomic mass is 9.98. The van der Waals surface area contributed by atoms with Crippen molar-refractivity contribution in [2.24, 2.45) is 5.92 Å². The molecule has 0 saturated carbocycles. The van der Waals surface area contributed by atoms with E-state index in [-0.39, 0.29) is 0 Å². The van der Waals surface area contributed by atoms with Crippen LogP contribution in [-0.4, -0.2) is 65.1 Å². The third-order valence-corrected chi connectivity index (χ3v) is 3.28. The van der Waals surface area contributed by atoms with Crippen LogP contribution >= 0.6 is 0 Å². The first-order valence-corrected chi connectivity index (χ1v) is 6.79. The summed E-state index contributed by atoms with van der Waals surface area (Å²) in [4.78, 5) is 2.40. The van der Waals surface area contributed by atoms with Crippen molar-refractivity contribution in [1.82, 2.24) is 10.2 Å². The van der Waals surface area contributed by atoms with E-state index in [0.717, 1.165) is 38.7 Å². The third-order valence-electron chi connectivity index (χ3n) is 3.28.